The number of hydrogen-bond donors (Lipinski definition) is 1. The summed E-state index contributed by atoms with van der Waals surface area (Å²) in [7, 11) is 1.34. The van der Waals surface area contributed by atoms with Gasteiger partial charge in [0.25, 0.3) is 0 Å². The van der Waals surface area contributed by atoms with Gasteiger partial charge >= 0.3 is 5.97 Å². The summed E-state index contributed by atoms with van der Waals surface area (Å²) in [5.74, 6) is -0.534. The topological polar surface area (TPSA) is 58.6 Å². The molecule has 2 aromatic rings. The van der Waals surface area contributed by atoms with E-state index in [9.17, 15) is 9.59 Å². The first-order chi connectivity index (χ1) is 11.6. The number of amides is 1. The van der Waals surface area contributed by atoms with Gasteiger partial charge in [-0.25, -0.2) is 0 Å². The monoisotopic (exact) mass is 326 g/mol. The Balaban J connectivity index is 1.99. The minimum absolute atomic E-state index is 0.0622. The van der Waals surface area contributed by atoms with E-state index in [0.29, 0.717) is 6.54 Å². The van der Waals surface area contributed by atoms with E-state index in [0.717, 1.165) is 16.8 Å². The third kappa shape index (κ3) is 5.85. The summed E-state index contributed by atoms with van der Waals surface area (Å²) in [4.78, 5) is 25.6. The highest BCUT2D eigenvalue weighted by molar-refractivity contribution is 5.92. The highest BCUT2D eigenvalue weighted by Gasteiger charge is 2.15. The Morgan fingerprint density at radius 3 is 2.29 bits per heavy atom. The largest absolute Gasteiger partial charge is 0.468 e. The Bertz CT molecular complexity index is 669. The Labute approximate surface area is 142 Å². The maximum Gasteiger partial charge on any atom is 0.319 e. The van der Waals surface area contributed by atoms with Crippen LogP contribution in [-0.4, -0.2) is 37.0 Å². The zero-order valence-corrected chi connectivity index (χ0v) is 14.0. The van der Waals surface area contributed by atoms with Gasteiger partial charge in [0.1, 0.15) is 0 Å². The van der Waals surface area contributed by atoms with Gasteiger partial charge < -0.3 is 10.1 Å². The summed E-state index contributed by atoms with van der Waals surface area (Å²) >= 11 is 0. The zero-order valence-electron chi connectivity index (χ0n) is 14.0. The molecule has 0 fully saturated rings. The second-order valence-electron chi connectivity index (χ2n) is 5.62. The quantitative estimate of drug-likeness (QED) is 0.795. The number of nitrogens with one attached hydrogen (secondary N) is 1. The van der Waals surface area contributed by atoms with Crippen molar-refractivity contribution in [1.82, 2.24) is 4.90 Å². The molecule has 1 N–H and O–H groups in total. The third-order valence-electron chi connectivity index (χ3n) is 3.53. The Hall–Kier alpha value is -2.66. The van der Waals surface area contributed by atoms with Gasteiger partial charge in [-0.2, -0.15) is 0 Å². The molecule has 24 heavy (non-hydrogen) atoms. The van der Waals surface area contributed by atoms with Gasteiger partial charge in [0.15, 0.2) is 0 Å². The second-order valence-corrected chi connectivity index (χ2v) is 5.62. The van der Waals surface area contributed by atoms with Crippen LogP contribution < -0.4 is 5.32 Å². The van der Waals surface area contributed by atoms with Crippen LogP contribution in [0.1, 0.15) is 11.1 Å². The zero-order chi connectivity index (χ0) is 17.4. The lowest BCUT2D eigenvalue weighted by Gasteiger charge is -2.20. The number of hydrogen-bond acceptors (Lipinski definition) is 4. The molecule has 0 radical (unpaired) electrons. The van der Waals surface area contributed by atoms with Crippen LogP contribution in [0.5, 0.6) is 0 Å². The summed E-state index contributed by atoms with van der Waals surface area (Å²) in [5, 5.41) is 2.84. The fraction of sp³-hybridized carbons (Fsp3) is 0.263. The molecule has 2 aromatic carbocycles. The van der Waals surface area contributed by atoms with Crippen molar-refractivity contribution >= 4 is 17.6 Å². The molecular weight excluding hydrogens is 304 g/mol. The molecule has 126 valence electrons. The normalized spacial score (nSPS) is 10.5. The molecule has 0 atom stereocenters. The van der Waals surface area contributed by atoms with E-state index in [4.69, 9.17) is 4.74 Å². The molecule has 0 aliphatic rings. The molecule has 0 aliphatic carbocycles. The first-order valence-corrected chi connectivity index (χ1v) is 7.76. The van der Waals surface area contributed by atoms with E-state index >= 15 is 0 Å². The minimum Gasteiger partial charge on any atom is -0.468 e. The van der Waals surface area contributed by atoms with Crippen molar-refractivity contribution in [2.24, 2.45) is 0 Å². The summed E-state index contributed by atoms with van der Waals surface area (Å²) in [6, 6.07) is 17.3. The van der Waals surface area contributed by atoms with Gasteiger partial charge in [-0.3, -0.25) is 14.5 Å². The van der Waals surface area contributed by atoms with Crippen molar-refractivity contribution in [1.29, 1.82) is 0 Å². The highest BCUT2D eigenvalue weighted by atomic mass is 16.5. The molecule has 0 saturated carbocycles. The van der Waals surface area contributed by atoms with Gasteiger partial charge in [-0.1, -0.05) is 48.0 Å². The number of methoxy groups -OCH3 is 1. The van der Waals surface area contributed by atoms with Crippen molar-refractivity contribution in [2.75, 3.05) is 25.5 Å². The van der Waals surface area contributed by atoms with E-state index in [-0.39, 0.29) is 25.0 Å². The molecule has 0 unspecified atom stereocenters. The molecule has 0 aromatic heterocycles. The fourth-order valence-electron chi connectivity index (χ4n) is 2.30. The average molecular weight is 326 g/mol. The molecule has 5 nitrogen and oxygen atoms in total. The van der Waals surface area contributed by atoms with Gasteiger partial charge in [0, 0.05) is 12.2 Å². The molecule has 0 aliphatic heterocycles. The number of carbonyl (C=O) groups is 2. The van der Waals surface area contributed by atoms with Crippen LogP contribution in [0, 0.1) is 6.92 Å². The lowest BCUT2D eigenvalue weighted by atomic mass is 10.2. The van der Waals surface area contributed by atoms with Gasteiger partial charge in [0.05, 0.1) is 20.2 Å². The van der Waals surface area contributed by atoms with Crippen LogP contribution in [0.3, 0.4) is 0 Å². The molecule has 5 heteroatoms. The minimum atomic E-state index is -0.367. The molecule has 2 rings (SSSR count). The molecule has 0 saturated heterocycles. The van der Waals surface area contributed by atoms with Crippen LogP contribution in [0.2, 0.25) is 0 Å². The lowest BCUT2D eigenvalue weighted by Crippen LogP contribution is -2.36. The number of carbonyl (C=O) groups excluding carboxylic acids is 2. The van der Waals surface area contributed by atoms with Crippen molar-refractivity contribution in [3.8, 4) is 0 Å². The van der Waals surface area contributed by atoms with Crippen LogP contribution in [-0.2, 0) is 20.9 Å². The number of benzene rings is 2. The van der Waals surface area contributed by atoms with Crippen LogP contribution in [0.25, 0.3) is 0 Å². The van der Waals surface area contributed by atoms with Crippen LogP contribution >= 0.6 is 0 Å². The number of anilines is 1. The van der Waals surface area contributed by atoms with E-state index in [1.807, 2.05) is 61.5 Å². The molecule has 1 amide bonds. The van der Waals surface area contributed by atoms with Crippen LogP contribution in [0.15, 0.2) is 54.6 Å². The predicted molar refractivity (Wildman–Crippen MR) is 93.5 cm³/mol. The first-order valence-electron chi connectivity index (χ1n) is 7.76. The molecule has 0 bridgehead atoms. The van der Waals surface area contributed by atoms with Crippen LogP contribution in [0.4, 0.5) is 5.69 Å². The van der Waals surface area contributed by atoms with E-state index in [2.05, 4.69) is 5.32 Å². The van der Waals surface area contributed by atoms with Crippen molar-refractivity contribution in [3.05, 3.63) is 65.7 Å². The number of ether oxygens (including phenoxy) is 1. The Kier molecular flexibility index (Phi) is 6.51. The smallest absolute Gasteiger partial charge is 0.319 e. The van der Waals surface area contributed by atoms with Crippen molar-refractivity contribution in [3.63, 3.8) is 0 Å². The maximum absolute atomic E-state index is 12.3. The van der Waals surface area contributed by atoms with Crippen molar-refractivity contribution in [2.45, 2.75) is 13.5 Å². The number of nitrogens with zero attached hydrogens (tertiary/aromatic N) is 1. The molecule has 0 heterocycles. The standard InChI is InChI=1S/C19H22N2O3/c1-15-8-10-17(11-9-15)20-18(22)13-21(14-19(23)24-2)12-16-6-4-3-5-7-16/h3-11H,12-14H2,1-2H3,(H,20,22). The maximum atomic E-state index is 12.3. The number of aryl methyl sites for hydroxylation is 1. The molecule has 0 spiro atoms. The first kappa shape index (κ1) is 17.7. The second kappa shape index (κ2) is 8.84. The molecular formula is C19H22N2O3. The summed E-state index contributed by atoms with van der Waals surface area (Å²) in [6.07, 6.45) is 0. The number of esters is 1. The summed E-state index contributed by atoms with van der Waals surface area (Å²) in [5.41, 5.74) is 2.90. The Morgan fingerprint density at radius 2 is 1.67 bits per heavy atom. The summed E-state index contributed by atoms with van der Waals surface area (Å²) < 4.78 is 4.72. The fourth-order valence-corrected chi connectivity index (χ4v) is 2.30. The van der Waals surface area contributed by atoms with E-state index in [1.165, 1.54) is 7.11 Å². The number of rotatable bonds is 7. The van der Waals surface area contributed by atoms with E-state index in [1.54, 1.807) is 4.90 Å². The highest BCUT2D eigenvalue weighted by Crippen LogP contribution is 2.09. The Morgan fingerprint density at radius 1 is 1.00 bits per heavy atom. The summed E-state index contributed by atoms with van der Waals surface area (Å²) in [6.45, 7) is 2.66. The van der Waals surface area contributed by atoms with Crippen molar-refractivity contribution < 1.29 is 14.3 Å². The van der Waals surface area contributed by atoms with E-state index < -0.39 is 0 Å². The lowest BCUT2D eigenvalue weighted by molar-refractivity contribution is -0.142. The average Bonchev–Trinajstić information content (AvgIpc) is 2.57. The van der Waals surface area contributed by atoms with Gasteiger partial charge in [0.2, 0.25) is 5.91 Å². The third-order valence-corrected chi connectivity index (χ3v) is 3.53. The van der Waals surface area contributed by atoms with Gasteiger partial charge in [-0.15, -0.1) is 0 Å². The van der Waals surface area contributed by atoms with Gasteiger partial charge in [-0.05, 0) is 24.6 Å². The predicted octanol–water partition coefficient (Wildman–Crippen LogP) is 2.61. The SMILES string of the molecule is COC(=O)CN(CC(=O)Nc1ccc(C)cc1)Cc1ccccc1.